The Balaban J connectivity index is 2.06. The van der Waals surface area contributed by atoms with Crippen molar-refractivity contribution in [3.05, 3.63) is 15.1 Å². The lowest BCUT2D eigenvalue weighted by Gasteiger charge is -2.17. The van der Waals surface area contributed by atoms with E-state index in [0.717, 1.165) is 0 Å². The maximum atomic E-state index is 12.2. The van der Waals surface area contributed by atoms with Crippen molar-refractivity contribution in [1.82, 2.24) is 19.5 Å². The van der Waals surface area contributed by atoms with Crippen molar-refractivity contribution in [2.75, 3.05) is 11.9 Å². The minimum Gasteiger partial charge on any atom is -0.394 e. The summed E-state index contributed by atoms with van der Waals surface area (Å²) in [6.45, 7) is 1.35. The number of H-pyrrole nitrogens is 1. The van der Waals surface area contributed by atoms with Crippen molar-refractivity contribution in [1.29, 1.82) is 0 Å². The maximum absolute atomic E-state index is 12.2. The molecule has 5 N–H and O–H groups in total. The third-order valence-corrected chi connectivity index (χ3v) is 4.57. The van der Waals surface area contributed by atoms with Gasteiger partial charge in [-0.2, -0.15) is 4.98 Å². The fourth-order valence-corrected chi connectivity index (χ4v) is 3.30. The van der Waals surface area contributed by atoms with Gasteiger partial charge in [0.05, 0.1) is 6.61 Å². The molecular weight excluding hydrogens is 414 g/mol. The van der Waals surface area contributed by atoms with Gasteiger partial charge in [-0.1, -0.05) is 6.92 Å². The van der Waals surface area contributed by atoms with Crippen LogP contribution in [0.1, 0.15) is 26.0 Å². The Morgan fingerprint density at radius 3 is 2.73 bits per heavy atom. The standard InChI is InChI=1S/C14H18BrN5O6/c1-2-3-6(22)16-14-18-10-7(11(25)19-14)17-13(15)20(10)12-9(24)8(23)5(4-21)26-12/h5,8-9,12,21,23-24H,2-4H2,1H3,(H2,16,18,19,22,25)/t5-,8?,9?,12-/m1/s1. The molecule has 1 aliphatic rings. The molecule has 2 aromatic rings. The summed E-state index contributed by atoms with van der Waals surface area (Å²) in [5.41, 5.74) is -0.585. The quantitative estimate of drug-likeness (QED) is 0.385. The molecule has 0 bridgehead atoms. The number of hydrogen-bond donors (Lipinski definition) is 5. The zero-order chi connectivity index (χ0) is 19.0. The van der Waals surface area contributed by atoms with E-state index in [0.29, 0.717) is 6.42 Å². The molecule has 142 valence electrons. The number of nitrogens with one attached hydrogen (secondary N) is 2. The van der Waals surface area contributed by atoms with E-state index >= 15 is 0 Å². The minimum absolute atomic E-state index is 0.0388. The van der Waals surface area contributed by atoms with E-state index in [1.54, 1.807) is 0 Å². The van der Waals surface area contributed by atoms with Crippen LogP contribution in [0.15, 0.2) is 9.53 Å². The average molecular weight is 432 g/mol. The van der Waals surface area contributed by atoms with E-state index in [2.05, 4.69) is 36.2 Å². The Morgan fingerprint density at radius 2 is 2.12 bits per heavy atom. The number of imidazole rings is 1. The largest absolute Gasteiger partial charge is 0.394 e. The Labute approximate surface area is 155 Å². The highest BCUT2D eigenvalue weighted by Gasteiger charge is 2.44. The van der Waals surface area contributed by atoms with Gasteiger partial charge in [0.1, 0.15) is 18.3 Å². The first-order chi connectivity index (χ1) is 12.4. The highest BCUT2D eigenvalue weighted by Crippen LogP contribution is 2.33. The summed E-state index contributed by atoms with van der Waals surface area (Å²) in [6.07, 6.45) is -3.93. The molecule has 1 amide bonds. The van der Waals surface area contributed by atoms with E-state index in [9.17, 15) is 24.9 Å². The third kappa shape index (κ3) is 3.25. The normalized spacial score (nSPS) is 25.7. The first-order valence-corrected chi connectivity index (χ1v) is 8.76. The SMILES string of the molecule is CCCC(=O)Nc1nc2c(nc(Br)n2[C@@H]2O[C@H](CO)C(O)C2O)c(=O)[nH]1. The van der Waals surface area contributed by atoms with Gasteiger partial charge in [-0.05, 0) is 22.4 Å². The fraction of sp³-hybridized carbons (Fsp3) is 0.571. The van der Waals surface area contributed by atoms with Gasteiger partial charge in [-0.15, -0.1) is 0 Å². The van der Waals surface area contributed by atoms with Crippen LogP contribution in [0, 0.1) is 0 Å². The number of anilines is 1. The molecule has 1 aliphatic heterocycles. The highest BCUT2D eigenvalue weighted by atomic mass is 79.9. The molecule has 0 radical (unpaired) electrons. The van der Waals surface area contributed by atoms with Crippen LogP contribution in [0.25, 0.3) is 11.2 Å². The molecule has 0 aromatic carbocycles. The summed E-state index contributed by atoms with van der Waals surface area (Å²) in [5.74, 6) is -0.380. The fourth-order valence-electron chi connectivity index (χ4n) is 2.76. The Bertz CT molecular complexity index is 883. The number of aliphatic hydroxyl groups excluding tert-OH is 3. The molecule has 0 spiro atoms. The Morgan fingerprint density at radius 1 is 1.38 bits per heavy atom. The number of aromatic amines is 1. The van der Waals surface area contributed by atoms with Crippen LogP contribution in [0.3, 0.4) is 0 Å². The van der Waals surface area contributed by atoms with Gasteiger partial charge < -0.3 is 20.1 Å². The highest BCUT2D eigenvalue weighted by molar-refractivity contribution is 9.10. The topological polar surface area (TPSA) is 163 Å². The monoisotopic (exact) mass is 431 g/mol. The minimum atomic E-state index is -1.37. The number of fused-ring (bicyclic) bond motifs is 1. The number of nitrogens with zero attached hydrogens (tertiary/aromatic N) is 3. The Kier molecular flexibility index (Phi) is 5.39. The van der Waals surface area contributed by atoms with Crippen molar-refractivity contribution in [2.24, 2.45) is 0 Å². The molecular formula is C14H18BrN5O6. The summed E-state index contributed by atoms with van der Waals surface area (Å²) < 4.78 is 6.89. The van der Waals surface area contributed by atoms with E-state index in [1.165, 1.54) is 4.57 Å². The number of carbonyl (C=O) groups is 1. The van der Waals surface area contributed by atoms with E-state index < -0.39 is 36.7 Å². The summed E-state index contributed by atoms with van der Waals surface area (Å²) in [5, 5.41) is 31.9. The van der Waals surface area contributed by atoms with Gasteiger partial charge in [0.25, 0.3) is 5.56 Å². The molecule has 11 nitrogen and oxygen atoms in total. The van der Waals surface area contributed by atoms with Gasteiger partial charge in [0, 0.05) is 6.42 Å². The second-order valence-electron chi connectivity index (χ2n) is 5.86. The van der Waals surface area contributed by atoms with Gasteiger partial charge in [0.15, 0.2) is 22.1 Å². The van der Waals surface area contributed by atoms with Gasteiger partial charge in [-0.3, -0.25) is 24.5 Å². The number of rotatable bonds is 5. The van der Waals surface area contributed by atoms with Crippen molar-refractivity contribution in [3.63, 3.8) is 0 Å². The molecule has 1 saturated heterocycles. The lowest BCUT2D eigenvalue weighted by molar-refractivity contribution is -0.116. The van der Waals surface area contributed by atoms with Crippen LogP contribution >= 0.6 is 15.9 Å². The maximum Gasteiger partial charge on any atom is 0.280 e. The average Bonchev–Trinajstić information content (AvgIpc) is 3.05. The molecule has 12 heteroatoms. The molecule has 3 heterocycles. The van der Waals surface area contributed by atoms with Crippen LogP contribution in [0.4, 0.5) is 5.95 Å². The van der Waals surface area contributed by atoms with Crippen molar-refractivity contribution in [3.8, 4) is 0 Å². The van der Waals surface area contributed by atoms with Crippen LogP contribution in [0.5, 0.6) is 0 Å². The first-order valence-electron chi connectivity index (χ1n) is 7.97. The molecule has 1 fully saturated rings. The molecule has 0 saturated carbocycles. The molecule has 2 unspecified atom stereocenters. The summed E-state index contributed by atoms with van der Waals surface area (Å²) in [4.78, 5) is 34.7. The number of halogens is 1. The van der Waals surface area contributed by atoms with Gasteiger partial charge in [0.2, 0.25) is 11.9 Å². The third-order valence-electron chi connectivity index (χ3n) is 4.01. The molecule has 4 atom stereocenters. The molecule has 0 aliphatic carbocycles. The Hall–Kier alpha value is -1.86. The van der Waals surface area contributed by atoms with Crippen LogP contribution in [-0.4, -0.2) is 65.7 Å². The number of amides is 1. The predicted octanol–water partition coefficient (Wildman–Crippen LogP) is -0.768. The second kappa shape index (κ2) is 7.40. The molecule has 26 heavy (non-hydrogen) atoms. The molecule has 2 aromatic heterocycles. The van der Waals surface area contributed by atoms with Crippen molar-refractivity contribution in [2.45, 2.75) is 44.3 Å². The number of carbonyl (C=O) groups excluding carboxylic acids is 1. The zero-order valence-corrected chi connectivity index (χ0v) is 15.3. The lowest BCUT2D eigenvalue weighted by Crippen LogP contribution is -2.33. The van der Waals surface area contributed by atoms with Crippen molar-refractivity contribution >= 4 is 38.9 Å². The summed E-state index contributed by atoms with van der Waals surface area (Å²) in [7, 11) is 0. The second-order valence-corrected chi connectivity index (χ2v) is 6.57. The summed E-state index contributed by atoms with van der Waals surface area (Å²) in [6, 6.07) is 0. The van der Waals surface area contributed by atoms with E-state index in [-0.39, 0.29) is 34.2 Å². The van der Waals surface area contributed by atoms with Crippen LogP contribution in [-0.2, 0) is 9.53 Å². The predicted molar refractivity (Wildman–Crippen MR) is 92.4 cm³/mol. The first kappa shape index (κ1) is 18.9. The number of aliphatic hydroxyl groups is 3. The molecule has 3 rings (SSSR count). The van der Waals surface area contributed by atoms with Crippen molar-refractivity contribution < 1.29 is 24.9 Å². The number of aromatic nitrogens is 4. The summed E-state index contributed by atoms with van der Waals surface area (Å²) >= 11 is 3.18. The smallest absolute Gasteiger partial charge is 0.280 e. The van der Waals surface area contributed by atoms with E-state index in [4.69, 9.17) is 4.74 Å². The van der Waals surface area contributed by atoms with E-state index in [1.807, 2.05) is 6.92 Å². The van der Waals surface area contributed by atoms with Gasteiger partial charge >= 0.3 is 0 Å². The number of ether oxygens (including phenoxy) is 1. The van der Waals surface area contributed by atoms with Crippen LogP contribution in [0.2, 0.25) is 0 Å². The lowest BCUT2D eigenvalue weighted by atomic mass is 10.1. The zero-order valence-electron chi connectivity index (χ0n) is 13.7. The number of hydrogen-bond acceptors (Lipinski definition) is 8. The van der Waals surface area contributed by atoms with Crippen LogP contribution < -0.4 is 10.9 Å². The van der Waals surface area contributed by atoms with Gasteiger partial charge in [-0.25, -0.2) is 4.98 Å².